The molecule has 0 aliphatic heterocycles. The molecule has 2 unspecified atom stereocenters. The third-order valence-corrected chi connectivity index (χ3v) is 3.57. The van der Waals surface area contributed by atoms with E-state index >= 15 is 0 Å². The molecule has 0 radical (unpaired) electrons. The van der Waals surface area contributed by atoms with Crippen LogP contribution in [0.4, 0.5) is 10.5 Å². The van der Waals surface area contributed by atoms with Crippen molar-refractivity contribution in [3.8, 4) is 0 Å². The number of anilines is 1. The molecule has 2 atom stereocenters. The molecule has 0 saturated carbocycles. The van der Waals surface area contributed by atoms with Crippen LogP contribution in [0.5, 0.6) is 0 Å². The monoisotopic (exact) mass is 296 g/mol. The molecule has 6 heteroatoms. The lowest BCUT2D eigenvalue weighted by molar-refractivity contribution is 0.204. The maximum Gasteiger partial charge on any atom is 0.319 e. The summed E-state index contributed by atoms with van der Waals surface area (Å²) in [5.74, 6) is 0.521. The van der Waals surface area contributed by atoms with Crippen molar-refractivity contribution < 1.29 is 9.90 Å². The van der Waals surface area contributed by atoms with Crippen molar-refractivity contribution in [2.75, 3.05) is 11.9 Å². The van der Waals surface area contributed by atoms with Crippen LogP contribution >= 0.6 is 0 Å². The molecular formula is C15H28N4O2. The lowest BCUT2D eigenvalue weighted by Crippen LogP contribution is -2.40. The molecule has 2 amide bonds. The number of nitrogens with zero attached hydrogens (tertiary/aromatic N) is 2. The largest absolute Gasteiger partial charge is 0.396 e. The molecule has 0 aliphatic rings. The van der Waals surface area contributed by atoms with E-state index in [9.17, 15) is 4.79 Å². The lowest BCUT2D eigenvalue weighted by Gasteiger charge is -2.19. The maximum atomic E-state index is 12.0. The van der Waals surface area contributed by atoms with Gasteiger partial charge >= 0.3 is 6.03 Å². The Morgan fingerprint density at radius 2 is 2.05 bits per heavy atom. The Kier molecular flexibility index (Phi) is 6.68. The number of amides is 2. The third kappa shape index (κ3) is 5.04. The molecule has 3 N–H and O–H groups in total. The highest BCUT2D eigenvalue weighted by atomic mass is 16.3. The normalized spacial score (nSPS) is 14.0. The number of rotatable bonds is 7. The Morgan fingerprint density at radius 3 is 2.57 bits per heavy atom. The van der Waals surface area contributed by atoms with E-state index in [4.69, 9.17) is 5.11 Å². The minimum atomic E-state index is -0.262. The summed E-state index contributed by atoms with van der Waals surface area (Å²) in [4.78, 5) is 12.0. The Bertz CT molecular complexity index is 457. The number of aliphatic hydroxyl groups is 1. The minimum Gasteiger partial charge on any atom is -0.396 e. The highest BCUT2D eigenvalue weighted by Crippen LogP contribution is 2.17. The number of carbonyl (C=O) groups excluding carboxylic acids is 1. The molecule has 0 spiro atoms. The highest BCUT2D eigenvalue weighted by molar-refractivity contribution is 5.89. The van der Waals surface area contributed by atoms with Gasteiger partial charge in [0.2, 0.25) is 0 Å². The van der Waals surface area contributed by atoms with E-state index in [2.05, 4.69) is 29.6 Å². The standard InChI is InChI=1S/C15H28N4O2/c1-6-14-13(7-16-19(14)8-10(2)3)18-15(21)17-12(5)11(4)9-20/h7,10-12,20H,6,8-9H2,1-5H3,(H2,17,18,21). The van der Waals surface area contributed by atoms with Gasteiger partial charge in [-0.25, -0.2) is 4.79 Å². The molecule has 120 valence electrons. The van der Waals surface area contributed by atoms with Gasteiger partial charge < -0.3 is 15.7 Å². The second-order valence-corrected chi connectivity index (χ2v) is 5.98. The average molecular weight is 296 g/mol. The Hall–Kier alpha value is -1.56. The first kappa shape index (κ1) is 17.5. The smallest absolute Gasteiger partial charge is 0.319 e. The van der Waals surface area contributed by atoms with Crippen molar-refractivity contribution in [3.05, 3.63) is 11.9 Å². The van der Waals surface area contributed by atoms with Crippen LogP contribution in [0.2, 0.25) is 0 Å². The molecular weight excluding hydrogens is 268 g/mol. The number of aromatic nitrogens is 2. The van der Waals surface area contributed by atoms with E-state index in [1.165, 1.54) is 0 Å². The predicted molar refractivity (Wildman–Crippen MR) is 84.3 cm³/mol. The summed E-state index contributed by atoms with van der Waals surface area (Å²) in [6, 6.07) is -0.354. The van der Waals surface area contributed by atoms with Crippen LogP contribution in [-0.2, 0) is 13.0 Å². The molecule has 1 rings (SSSR count). The first-order valence-electron chi connectivity index (χ1n) is 7.62. The van der Waals surface area contributed by atoms with Gasteiger partial charge in [0.05, 0.1) is 17.6 Å². The van der Waals surface area contributed by atoms with Crippen molar-refractivity contribution in [3.63, 3.8) is 0 Å². The molecule has 0 aromatic carbocycles. The van der Waals surface area contributed by atoms with Gasteiger partial charge in [-0.15, -0.1) is 0 Å². The van der Waals surface area contributed by atoms with Crippen LogP contribution in [0.15, 0.2) is 6.20 Å². The topological polar surface area (TPSA) is 79.2 Å². The van der Waals surface area contributed by atoms with Gasteiger partial charge in [-0.3, -0.25) is 4.68 Å². The number of nitrogens with one attached hydrogen (secondary N) is 2. The van der Waals surface area contributed by atoms with Gasteiger partial charge in [0.15, 0.2) is 0 Å². The van der Waals surface area contributed by atoms with Gasteiger partial charge in [-0.2, -0.15) is 5.10 Å². The van der Waals surface area contributed by atoms with Gasteiger partial charge in [0.25, 0.3) is 0 Å². The number of carbonyl (C=O) groups is 1. The second-order valence-electron chi connectivity index (χ2n) is 5.98. The highest BCUT2D eigenvalue weighted by Gasteiger charge is 2.16. The molecule has 0 saturated heterocycles. The third-order valence-electron chi connectivity index (χ3n) is 3.57. The lowest BCUT2D eigenvalue weighted by atomic mass is 10.1. The predicted octanol–water partition coefficient (Wildman–Crippen LogP) is 2.24. The zero-order valence-electron chi connectivity index (χ0n) is 13.7. The van der Waals surface area contributed by atoms with Gasteiger partial charge in [0, 0.05) is 19.2 Å². The molecule has 1 aromatic heterocycles. The van der Waals surface area contributed by atoms with Gasteiger partial charge in [0.1, 0.15) is 0 Å². The van der Waals surface area contributed by atoms with Crippen molar-refractivity contribution in [1.29, 1.82) is 0 Å². The van der Waals surface area contributed by atoms with Crippen molar-refractivity contribution in [2.45, 2.75) is 53.6 Å². The molecule has 0 aliphatic carbocycles. The van der Waals surface area contributed by atoms with Gasteiger partial charge in [-0.1, -0.05) is 27.7 Å². The number of urea groups is 1. The van der Waals surface area contributed by atoms with E-state index in [-0.39, 0.29) is 24.6 Å². The first-order chi connectivity index (χ1) is 9.88. The SMILES string of the molecule is CCc1c(NC(=O)NC(C)C(C)CO)cnn1CC(C)C. The van der Waals surface area contributed by atoms with Crippen LogP contribution in [-0.4, -0.2) is 33.6 Å². The minimum absolute atomic E-state index is 0.0186. The van der Waals surface area contributed by atoms with Crippen molar-refractivity contribution >= 4 is 11.7 Å². The van der Waals surface area contributed by atoms with Crippen molar-refractivity contribution in [2.24, 2.45) is 11.8 Å². The average Bonchev–Trinajstić information content (AvgIpc) is 2.78. The fourth-order valence-electron chi connectivity index (χ4n) is 2.06. The number of hydrogen-bond acceptors (Lipinski definition) is 3. The summed E-state index contributed by atoms with van der Waals surface area (Å²) in [7, 11) is 0. The molecule has 21 heavy (non-hydrogen) atoms. The van der Waals surface area contributed by atoms with Crippen LogP contribution in [0.1, 0.15) is 40.3 Å². The maximum absolute atomic E-state index is 12.0. The summed E-state index contributed by atoms with van der Waals surface area (Å²) < 4.78 is 1.94. The number of hydrogen-bond donors (Lipinski definition) is 3. The Balaban J connectivity index is 2.70. The Labute approximate surface area is 126 Å². The molecule has 0 bridgehead atoms. The quantitative estimate of drug-likeness (QED) is 0.722. The molecule has 0 fully saturated rings. The molecule has 1 heterocycles. The van der Waals surface area contributed by atoms with Crippen LogP contribution in [0, 0.1) is 11.8 Å². The fraction of sp³-hybridized carbons (Fsp3) is 0.733. The summed E-state index contributed by atoms with van der Waals surface area (Å²) in [5, 5.41) is 19.1. The summed E-state index contributed by atoms with van der Waals surface area (Å²) in [5.41, 5.74) is 1.78. The zero-order valence-corrected chi connectivity index (χ0v) is 13.7. The van der Waals surface area contributed by atoms with E-state index in [0.717, 1.165) is 24.3 Å². The fourth-order valence-corrected chi connectivity index (χ4v) is 2.06. The van der Waals surface area contributed by atoms with Crippen LogP contribution in [0.25, 0.3) is 0 Å². The van der Waals surface area contributed by atoms with Crippen molar-refractivity contribution in [1.82, 2.24) is 15.1 Å². The van der Waals surface area contributed by atoms with E-state index in [0.29, 0.717) is 5.92 Å². The summed E-state index contributed by atoms with van der Waals surface area (Å²) in [6.07, 6.45) is 2.51. The number of aliphatic hydroxyl groups excluding tert-OH is 1. The summed E-state index contributed by atoms with van der Waals surface area (Å²) >= 11 is 0. The van der Waals surface area contributed by atoms with Gasteiger partial charge in [-0.05, 0) is 25.2 Å². The summed E-state index contributed by atoms with van der Waals surface area (Å²) in [6.45, 7) is 11.0. The molecule has 1 aromatic rings. The van der Waals surface area contributed by atoms with E-state index < -0.39 is 0 Å². The van der Waals surface area contributed by atoms with E-state index in [1.54, 1.807) is 6.20 Å². The van der Waals surface area contributed by atoms with Crippen LogP contribution in [0.3, 0.4) is 0 Å². The second kappa shape index (κ2) is 8.02. The van der Waals surface area contributed by atoms with E-state index in [1.807, 2.05) is 25.5 Å². The first-order valence-corrected chi connectivity index (χ1v) is 7.62. The zero-order chi connectivity index (χ0) is 16.0. The Morgan fingerprint density at radius 1 is 1.38 bits per heavy atom. The molecule has 6 nitrogen and oxygen atoms in total. The van der Waals surface area contributed by atoms with Crippen LogP contribution < -0.4 is 10.6 Å².